The topological polar surface area (TPSA) is 58.2 Å². The van der Waals surface area contributed by atoms with Crippen molar-refractivity contribution >= 4 is 10.0 Å². The molecule has 2 N–H and O–H groups in total. The minimum Gasteiger partial charge on any atom is -0.313 e. The molecule has 0 aliphatic heterocycles. The van der Waals surface area contributed by atoms with Crippen molar-refractivity contribution in [3.05, 3.63) is 29.6 Å². The molecule has 0 saturated carbocycles. The number of rotatable bonds is 8. The van der Waals surface area contributed by atoms with E-state index >= 15 is 0 Å². The number of benzene rings is 1. The molecule has 120 valence electrons. The van der Waals surface area contributed by atoms with Crippen LogP contribution in [0, 0.1) is 11.7 Å². The van der Waals surface area contributed by atoms with Gasteiger partial charge in [-0.15, -0.1) is 0 Å². The van der Waals surface area contributed by atoms with Crippen LogP contribution in [-0.2, 0) is 16.6 Å². The molecule has 0 fully saturated rings. The average molecular weight is 316 g/mol. The largest absolute Gasteiger partial charge is 0.313 e. The third-order valence-corrected chi connectivity index (χ3v) is 4.66. The average Bonchev–Trinajstić information content (AvgIpc) is 2.35. The van der Waals surface area contributed by atoms with Gasteiger partial charge in [-0.05, 0) is 44.0 Å². The molecule has 0 radical (unpaired) electrons. The second-order valence-corrected chi connectivity index (χ2v) is 7.40. The summed E-state index contributed by atoms with van der Waals surface area (Å²) in [5, 5.41) is 3.00. The van der Waals surface area contributed by atoms with E-state index in [1.807, 2.05) is 27.7 Å². The lowest BCUT2D eigenvalue weighted by Crippen LogP contribution is -2.33. The lowest BCUT2D eigenvalue weighted by Gasteiger charge is -2.16. The molecule has 0 saturated heterocycles. The summed E-state index contributed by atoms with van der Waals surface area (Å²) in [6.07, 6.45) is 0.755. The SMILES string of the molecule is CCNCc1cc(S(=O)(=O)NC(C)CC(C)C)ccc1F. The Morgan fingerprint density at radius 2 is 1.90 bits per heavy atom. The van der Waals surface area contributed by atoms with E-state index in [0.717, 1.165) is 6.42 Å². The standard InChI is InChI=1S/C15H25FN2O2S/c1-5-17-10-13-9-14(6-7-15(13)16)21(19,20)18-12(4)8-11(2)3/h6-7,9,11-12,17-18H,5,8,10H2,1-4H3. The van der Waals surface area contributed by atoms with E-state index < -0.39 is 15.8 Å². The second-order valence-electron chi connectivity index (χ2n) is 5.69. The van der Waals surface area contributed by atoms with Crippen LogP contribution in [0.3, 0.4) is 0 Å². The smallest absolute Gasteiger partial charge is 0.240 e. The molecule has 0 aromatic heterocycles. The first-order valence-corrected chi connectivity index (χ1v) is 8.76. The van der Waals surface area contributed by atoms with Crippen molar-refractivity contribution in [2.45, 2.75) is 51.6 Å². The Hall–Kier alpha value is -0.980. The number of nitrogens with one attached hydrogen (secondary N) is 2. The summed E-state index contributed by atoms with van der Waals surface area (Å²) in [4.78, 5) is 0.104. The fraction of sp³-hybridized carbons (Fsp3) is 0.600. The van der Waals surface area contributed by atoms with Gasteiger partial charge in [0.25, 0.3) is 0 Å². The maximum absolute atomic E-state index is 13.7. The fourth-order valence-electron chi connectivity index (χ4n) is 2.20. The van der Waals surface area contributed by atoms with Gasteiger partial charge in [0.2, 0.25) is 10.0 Å². The van der Waals surface area contributed by atoms with E-state index in [0.29, 0.717) is 24.6 Å². The molecule has 0 amide bonds. The number of hydrogen-bond donors (Lipinski definition) is 2. The minimum absolute atomic E-state index is 0.104. The van der Waals surface area contributed by atoms with Gasteiger partial charge in [0, 0.05) is 18.2 Å². The zero-order valence-corrected chi connectivity index (χ0v) is 13.9. The van der Waals surface area contributed by atoms with E-state index in [2.05, 4.69) is 10.0 Å². The van der Waals surface area contributed by atoms with E-state index in [9.17, 15) is 12.8 Å². The van der Waals surface area contributed by atoms with Crippen molar-refractivity contribution < 1.29 is 12.8 Å². The first-order chi connectivity index (χ1) is 9.76. The van der Waals surface area contributed by atoms with Crippen LogP contribution in [0.1, 0.15) is 39.7 Å². The Bertz CT molecular complexity index is 559. The van der Waals surface area contributed by atoms with Gasteiger partial charge in [-0.25, -0.2) is 17.5 Å². The van der Waals surface area contributed by atoms with Crippen LogP contribution in [0.2, 0.25) is 0 Å². The second kappa shape index (κ2) is 7.87. The molecule has 0 heterocycles. The van der Waals surface area contributed by atoms with Crippen molar-refractivity contribution in [3.8, 4) is 0 Å². The molecule has 1 unspecified atom stereocenters. The molecule has 21 heavy (non-hydrogen) atoms. The summed E-state index contributed by atoms with van der Waals surface area (Å²) < 4.78 is 40.9. The molecule has 0 bridgehead atoms. The van der Waals surface area contributed by atoms with Gasteiger partial charge in [-0.3, -0.25) is 0 Å². The van der Waals surface area contributed by atoms with Crippen molar-refractivity contribution in [1.82, 2.24) is 10.0 Å². The Balaban J connectivity index is 2.92. The predicted molar refractivity (Wildman–Crippen MR) is 83.0 cm³/mol. The molecule has 1 aromatic rings. The van der Waals surface area contributed by atoms with Crippen molar-refractivity contribution in [1.29, 1.82) is 0 Å². The maximum atomic E-state index is 13.7. The third-order valence-electron chi connectivity index (χ3n) is 3.07. The molecule has 0 aliphatic carbocycles. The van der Waals surface area contributed by atoms with E-state index in [4.69, 9.17) is 0 Å². The van der Waals surface area contributed by atoms with Crippen LogP contribution < -0.4 is 10.0 Å². The highest BCUT2D eigenvalue weighted by atomic mass is 32.2. The quantitative estimate of drug-likeness (QED) is 0.775. The molecular weight excluding hydrogens is 291 g/mol. The highest BCUT2D eigenvalue weighted by Gasteiger charge is 2.19. The Labute approximate surface area is 127 Å². The van der Waals surface area contributed by atoms with Crippen LogP contribution in [0.5, 0.6) is 0 Å². The Morgan fingerprint density at radius 3 is 2.48 bits per heavy atom. The summed E-state index contributed by atoms with van der Waals surface area (Å²) in [5.74, 6) is 0.00496. The van der Waals surface area contributed by atoms with Crippen molar-refractivity contribution in [2.24, 2.45) is 5.92 Å². The van der Waals surface area contributed by atoms with Gasteiger partial charge < -0.3 is 5.32 Å². The first kappa shape index (κ1) is 18.1. The van der Waals surface area contributed by atoms with Gasteiger partial charge in [-0.2, -0.15) is 0 Å². The van der Waals surface area contributed by atoms with E-state index in [-0.39, 0.29) is 10.9 Å². The lowest BCUT2D eigenvalue weighted by atomic mass is 10.1. The predicted octanol–water partition coefficient (Wildman–Crippen LogP) is 2.65. The van der Waals surface area contributed by atoms with Crippen LogP contribution in [0.15, 0.2) is 23.1 Å². The highest BCUT2D eigenvalue weighted by Crippen LogP contribution is 2.16. The summed E-state index contributed by atoms with van der Waals surface area (Å²) >= 11 is 0. The highest BCUT2D eigenvalue weighted by molar-refractivity contribution is 7.89. The van der Waals surface area contributed by atoms with Crippen LogP contribution in [0.4, 0.5) is 4.39 Å². The van der Waals surface area contributed by atoms with Crippen molar-refractivity contribution in [3.63, 3.8) is 0 Å². The fourth-order valence-corrected chi connectivity index (χ4v) is 3.51. The Morgan fingerprint density at radius 1 is 1.24 bits per heavy atom. The molecule has 1 atom stereocenters. The van der Waals surface area contributed by atoms with Crippen LogP contribution in [0.25, 0.3) is 0 Å². The normalized spacial score (nSPS) is 13.6. The molecule has 0 aliphatic rings. The van der Waals surface area contributed by atoms with Crippen LogP contribution in [-0.4, -0.2) is 21.0 Å². The third kappa shape index (κ3) is 5.73. The lowest BCUT2D eigenvalue weighted by molar-refractivity contribution is 0.482. The van der Waals surface area contributed by atoms with Gasteiger partial charge in [0.1, 0.15) is 5.82 Å². The molecule has 4 nitrogen and oxygen atoms in total. The molecule has 1 aromatic carbocycles. The number of halogens is 1. The molecule has 0 spiro atoms. The van der Waals surface area contributed by atoms with Gasteiger partial charge >= 0.3 is 0 Å². The first-order valence-electron chi connectivity index (χ1n) is 7.27. The summed E-state index contributed by atoms with van der Waals surface area (Å²) in [6, 6.07) is 3.74. The zero-order chi connectivity index (χ0) is 16.0. The summed E-state index contributed by atoms with van der Waals surface area (Å²) in [6.45, 7) is 8.83. The molecular formula is C15H25FN2O2S. The van der Waals surface area contributed by atoms with Crippen molar-refractivity contribution in [2.75, 3.05) is 6.54 Å². The van der Waals surface area contributed by atoms with E-state index in [1.165, 1.54) is 18.2 Å². The van der Waals surface area contributed by atoms with Crippen LogP contribution >= 0.6 is 0 Å². The Kier molecular flexibility index (Phi) is 6.77. The van der Waals surface area contributed by atoms with Gasteiger partial charge in [0.15, 0.2) is 0 Å². The summed E-state index contributed by atoms with van der Waals surface area (Å²) in [5.41, 5.74) is 0.358. The van der Waals surface area contributed by atoms with E-state index in [1.54, 1.807) is 0 Å². The minimum atomic E-state index is -3.61. The number of sulfonamides is 1. The van der Waals surface area contributed by atoms with Gasteiger partial charge in [0.05, 0.1) is 4.90 Å². The molecule has 1 rings (SSSR count). The van der Waals surface area contributed by atoms with Gasteiger partial charge in [-0.1, -0.05) is 20.8 Å². The monoisotopic (exact) mass is 316 g/mol. The molecule has 6 heteroatoms. The maximum Gasteiger partial charge on any atom is 0.240 e. The summed E-state index contributed by atoms with van der Waals surface area (Å²) in [7, 11) is -3.61. The number of hydrogen-bond acceptors (Lipinski definition) is 3. The zero-order valence-electron chi connectivity index (χ0n) is 13.1.